The van der Waals surface area contributed by atoms with Gasteiger partial charge in [-0.25, -0.2) is 4.79 Å². The largest absolute Gasteiger partial charge is 0.497 e. The van der Waals surface area contributed by atoms with Crippen LogP contribution in [-0.4, -0.2) is 38.8 Å². The minimum atomic E-state index is -0.900. The number of carbonyl (C=O) groups is 2. The van der Waals surface area contributed by atoms with Crippen LogP contribution in [0, 0.1) is 0 Å². The fourth-order valence-electron chi connectivity index (χ4n) is 2.14. The van der Waals surface area contributed by atoms with Gasteiger partial charge in [-0.1, -0.05) is 17.7 Å². The molecule has 0 aliphatic heterocycles. The topological polar surface area (TPSA) is 83.1 Å². The lowest BCUT2D eigenvalue weighted by atomic mass is 10.2. The molecule has 0 heterocycles. The van der Waals surface area contributed by atoms with Crippen LogP contribution in [0.5, 0.6) is 17.2 Å². The SMILES string of the molecule is COc1ccc(OC)c(NC(=O)COC(=O)C(C)Oc2cccc(Cl)c2)c1. The highest BCUT2D eigenvalue weighted by Gasteiger charge is 2.18. The lowest BCUT2D eigenvalue weighted by Gasteiger charge is -2.15. The zero-order chi connectivity index (χ0) is 19.8. The summed E-state index contributed by atoms with van der Waals surface area (Å²) >= 11 is 5.87. The molecule has 0 saturated heterocycles. The molecule has 2 aromatic carbocycles. The zero-order valence-corrected chi connectivity index (χ0v) is 15.9. The number of carbonyl (C=O) groups excluding carboxylic acids is 2. The molecule has 8 heteroatoms. The van der Waals surface area contributed by atoms with Crippen molar-refractivity contribution < 1.29 is 28.5 Å². The summed E-state index contributed by atoms with van der Waals surface area (Å²) in [5, 5.41) is 3.09. The molecule has 0 spiro atoms. The Morgan fingerprint density at radius 3 is 2.52 bits per heavy atom. The van der Waals surface area contributed by atoms with E-state index in [1.54, 1.807) is 42.5 Å². The van der Waals surface area contributed by atoms with E-state index in [4.69, 9.17) is 30.5 Å². The number of esters is 1. The number of benzene rings is 2. The molecular weight excluding hydrogens is 374 g/mol. The molecule has 7 nitrogen and oxygen atoms in total. The number of anilines is 1. The van der Waals surface area contributed by atoms with Gasteiger partial charge in [-0.3, -0.25) is 4.79 Å². The molecule has 0 aromatic heterocycles. The first kappa shape index (κ1) is 20.4. The van der Waals surface area contributed by atoms with Gasteiger partial charge in [0.25, 0.3) is 5.91 Å². The summed E-state index contributed by atoms with van der Waals surface area (Å²) in [6.45, 7) is 1.05. The lowest BCUT2D eigenvalue weighted by molar-refractivity contribution is -0.153. The maximum absolute atomic E-state index is 12.1. The Labute approximate surface area is 162 Å². The minimum absolute atomic E-state index is 0.404. The van der Waals surface area contributed by atoms with Crippen LogP contribution in [0.3, 0.4) is 0 Å². The van der Waals surface area contributed by atoms with Gasteiger partial charge in [0.15, 0.2) is 12.7 Å². The Hall–Kier alpha value is -2.93. The lowest BCUT2D eigenvalue weighted by Crippen LogP contribution is -2.29. The summed E-state index contributed by atoms with van der Waals surface area (Å²) in [6.07, 6.45) is -0.900. The van der Waals surface area contributed by atoms with Crippen LogP contribution in [0.2, 0.25) is 5.02 Å². The van der Waals surface area contributed by atoms with Gasteiger partial charge in [0.05, 0.1) is 19.9 Å². The van der Waals surface area contributed by atoms with Crippen molar-refractivity contribution in [1.82, 2.24) is 0 Å². The molecule has 0 bridgehead atoms. The standard InChI is InChI=1S/C19H20ClNO6/c1-12(27-15-6-4-5-13(20)9-15)19(23)26-11-18(22)21-16-10-14(24-2)7-8-17(16)25-3/h4-10,12H,11H2,1-3H3,(H,21,22). The Kier molecular flexibility index (Phi) is 7.31. The van der Waals surface area contributed by atoms with E-state index in [0.29, 0.717) is 28.0 Å². The van der Waals surface area contributed by atoms with E-state index in [9.17, 15) is 9.59 Å². The van der Waals surface area contributed by atoms with Gasteiger partial charge < -0.3 is 24.3 Å². The van der Waals surface area contributed by atoms with Gasteiger partial charge >= 0.3 is 5.97 Å². The third-order valence-corrected chi connectivity index (χ3v) is 3.70. The molecule has 2 rings (SSSR count). The van der Waals surface area contributed by atoms with Crippen LogP contribution < -0.4 is 19.5 Å². The highest BCUT2D eigenvalue weighted by Crippen LogP contribution is 2.28. The summed E-state index contributed by atoms with van der Waals surface area (Å²) in [6, 6.07) is 11.6. The maximum atomic E-state index is 12.1. The number of amides is 1. The first-order chi connectivity index (χ1) is 12.9. The molecule has 1 amide bonds. The maximum Gasteiger partial charge on any atom is 0.347 e. The molecule has 0 aliphatic carbocycles. The van der Waals surface area contributed by atoms with Crippen molar-refractivity contribution in [3.05, 3.63) is 47.5 Å². The van der Waals surface area contributed by atoms with Gasteiger partial charge in [-0.05, 0) is 37.3 Å². The number of methoxy groups -OCH3 is 2. The first-order valence-electron chi connectivity index (χ1n) is 8.03. The molecule has 1 unspecified atom stereocenters. The van der Waals surface area contributed by atoms with Crippen LogP contribution in [0.1, 0.15) is 6.92 Å². The van der Waals surface area contributed by atoms with Crippen LogP contribution in [0.4, 0.5) is 5.69 Å². The van der Waals surface area contributed by atoms with Crippen molar-refractivity contribution in [1.29, 1.82) is 0 Å². The van der Waals surface area contributed by atoms with Gasteiger partial charge in [0.1, 0.15) is 17.2 Å². The monoisotopic (exact) mass is 393 g/mol. The normalized spacial score (nSPS) is 11.3. The van der Waals surface area contributed by atoms with Crippen LogP contribution in [0.15, 0.2) is 42.5 Å². The van der Waals surface area contributed by atoms with Crippen molar-refractivity contribution in [2.75, 3.05) is 26.1 Å². The fourth-order valence-corrected chi connectivity index (χ4v) is 2.32. The van der Waals surface area contributed by atoms with E-state index in [2.05, 4.69) is 5.32 Å². The molecule has 1 atom stereocenters. The molecule has 144 valence electrons. The summed E-state index contributed by atoms with van der Waals surface area (Å²) < 4.78 is 20.7. The summed E-state index contributed by atoms with van der Waals surface area (Å²) in [5.74, 6) is 0.227. The number of halogens is 1. The van der Waals surface area contributed by atoms with Crippen molar-refractivity contribution in [2.45, 2.75) is 13.0 Å². The van der Waals surface area contributed by atoms with Crippen LogP contribution in [0.25, 0.3) is 0 Å². The van der Waals surface area contributed by atoms with Crippen LogP contribution in [-0.2, 0) is 14.3 Å². The van der Waals surface area contributed by atoms with E-state index < -0.39 is 24.6 Å². The predicted molar refractivity (Wildman–Crippen MR) is 101 cm³/mol. The second kappa shape index (κ2) is 9.68. The van der Waals surface area contributed by atoms with Crippen molar-refractivity contribution >= 4 is 29.2 Å². The summed E-state index contributed by atoms with van der Waals surface area (Å²) in [7, 11) is 2.99. The number of hydrogen-bond acceptors (Lipinski definition) is 6. The highest BCUT2D eigenvalue weighted by atomic mass is 35.5. The second-order valence-electron chi connectivity index (χ2n) is 5.44. The van der Waals surface area contributed by atoms with Crippen molar-refractivity contribution in [2.24, 2.45) is 0 Å². The third-order valence-electron chi connectivity index (χ3n) is 3.47. The molecule has 2 aromatic rings. The Bertz CT molecular complexity index is 811. The molecule has 0 saturated carbocycles. The Morgan fingerprint density at radius 1 is 1.07 bits per heavy atom. The molecule has 0 aliphatic rings. The number of hydrogen-bond donors (Lipinski definition) is 1. The quantitative estimate of drug-likeness (QED) is 0.693. The number of ether oxygens (including phenoxy) is 4. The number of nitrogens with one attached hydrogen (secondary N) is 1. The number of rotatable bonds is 8. The third kappa shape index (κ3) is 6.07. The van der Waals surface area contributed by atoms with Crippen molar-refractivity contribution in [3.63, 3.8) is 0 Å². The first-order valence-corrected chi connectivity index (χ1v) is 8.41. The Balaban J connectivity index is 1.88. The molecule has 27 heavy (non-hydrogen) atoms. The molecule has 1 N–H and O–H groups in total. The molecular formula is C19H20ClNO6. The van der Waals surface area contributed by atoms with Gasteiger partial charge in [0, 0.05) is 11.1 Å². The zero-order valence-electron chi connectivity index (χ0n) is 15.2. The van der Waals surface area contributed by atoms with E-state index in [1.165, 1.54) is 21.1 Å². The summed E-state index contributed by atoms with van der Waals surface area (Å²) in [5.41, 5.74) is 0.404. The van der Waals surface area contributed by atoms with E-state index >= 15 is 0 Å². The van der Waals surface area contributed by atoms with E-state index in [1.807, 2.05) is 0 Å². The van der Waals surface area contributed by atoms with E-state index in [-0.39, 0.29) is 0 Å². The highest BCUT2D eigenvalue weighted by molar-refractivity contribution is 6.30. The average Bonchev–Trinajstić information content (AvgIpc) is 2.66. The predicted octanol–water partition coefficient (Wildman–Crippen LogP) is 3.31. The molecule has 0 fully saturated rings. The fraction of sp³-hybridized carbons (Fsp3) is 0.263. The molecule has 0 radical (unpaired) electrons. The van der Waals surface area contributed by atoms with Crippen LogP contribution >= 0.6 is 11.6 Å². The second-order valence-corrected chi connectivity index (χ2v) is 5.88. The van der Waals surface area contributed by atoms with Gasteiger partial charge in [0.2, 0.25) is 0 Å². The smallest absolute Gasteiger partial charge is 0.347 e. The van der Waals surface area contributed by atoms with Gasteiger partial charge in [-0.15, -0.1) is 0 Å². The van der Waals surface area contributed by atoms with Crippen molar-refractivity contribution in [3.8, 4) is 17.2 Å². The average molecular weight is 394 g/mol. The Morgan fingerprint density at radius 2 is 1.85 bits per heavy atom. The summed E-state index contributed by atoms with van der Waals surface area (Å²) in [4.78, 5) is 24.1. The van der Waals surface area contributed by atoms with E-state index in [0.717, 1.165) is 0 Å². The van der Waals surface area contributed by atoms with Gasteiger partial charge in [-0.2, -0.15) is 0 Å². The minimum Gasteiger partial charge on any atom is -0.497 e.